The third kappa shape index (κ3) is 16.1. The van der Waals surface area contributed by atoms with Crippen LogP contribution in [0.15, 0.2) is 24.3 Å². The monoisotopic (exact) mass is 476 g/mol. The van der Waals surface area contributed by atoms with Gasteiger partial charge >= 0.3 is 29.8 Å². The van der Waals surface area contributed by atoms with Gasteiger partial charge < -0.3 is 33.9 Å². The van der Waals surface area contributed by atoms with Gasteiger partial charge in [-0.3, -0.25) is 0 Å². The van der Waals surface area contributed by atoms with Crippen molar-refractivity contribution in [3.05, 3.63) is 24.3 Å². The summed E-state index contributed by atoms with van der Waals surface area (Å²) < 4.78 is 22.8. The van der Waals surface area contributed by atoms with E-state index in [9.17, 15) is 24.0 Å². The number of rotatable bonds is 8. The van der Waals surface area contributed by atoms with Crippen LogP contribution in [0.5, 0.6) is 0 Å². The molecule has 0 aromatic carbocycles. The van der Waals surface area contributed by atoms with Gasteiger partial charge in [0.15, 0.2) is 12.2 Å². The first kappa shape index (κ1) is 31.9. The molecule has 0 saturated carbocycles. The van der Waals surface area contributed by atoms with Crippen LogP contribution >= 0.6 is 0 Å². The van der Waals surface area contributed by atoms with E-state index in [1.807, 2.05) is 0 Å². The van der Waals surface area contributed by atoms with E-state index in [-0.39, 0.29) is 32.0 Å². The summed E-state index contributed by atoms with van der Waals surface area (Å²) in [5, 5.41) is 16.9. The van der Waals surface area contributed by atoms with Crippen molar-refractivity contribution in [2.75, 3.05) is 26.4 Å². The van der Waals surface area contributed by atoms with Gasteiger partial charge in [-0.25, -0.2) is 24.0 Å². The second-order valence-corrected chi connectivity index (χ2v) is 6.56. The van der Waals surface area contributed by atoms with Crippen LogP contribution in [0, 0.1) is 0 Å². The Morgan fingerprint density at radius 1 is 0.879 bits per heavy atom. The Hall–Kier alpha value is -3.25. The lowest BCUT2D eigenvalue weighted by atomic mass is 10.3. The van der Waals surface area contributed by atoms with Crippen LogP contribution in [0.2, 0.25) is 0 Å². The predicted octanol–water partition coefficient (Wildman–Crippen LogP) is -0.00890. The van der Waals surface area contributed by atoms with Crippen LogP contribution in [0.1, 0.15) is 34.6 Å². The van der Waals surface area contributed by atoms with Gasteiger partial charge in [0.2, 0.25) is 0 Å². The Bertz CT molecular complexity index is 690. The van der Waals surface area contributed by atoms with E-state index in [1.54, 1.807) is 6.92 Å². The van der Waals surface area contributed by atoms with E-state index in [4.69, 9.17) is 10.2 Å². The minimum Gasteiger partial charge on any atom is -0.460 e. The Balaban J connectivity index is 0. The molecular formula is C21H32O12. The van der Waals surface area contributed by atoms with E-state index in [0.29, 0.717) is 5.57 Å². The largest absolute Gasteiger partial charge is 0.460 e. The maximum Gasteiger partial charge on any atom is 0.347 e. The summed E-state index contributed by atoms with van der Waals surface area (Å²) in [7, 11) is 0. The van der Waals surface area contributed by atoms with Crippen LogP contribution in [-0.2, 0) is 47.7 Å². The number of ether oxygens (including phenoxy) is 5. The molecule has 0 bridgehead atoms. The first-order chi connectivity index (χ1) is 15.2. The van der Waals surface area contributed by atoms with Crippen LogP contribution in [0.25, 0.3) is 0 Å². The highest BCUT2D eigenvalue weighted by atomic mass is 16.6. The highest BCUT2D eigenvalue weighted by Crippen LogP contribution is 2.08. The molecule has 0 amide bonds. The minimum atomic E-state index is -1.16. The molecular weight excluding hydrogens is 444 g/mol. The molecule has 1 heterocycles. The highest BCUT2D eigenvalue weighted by molar-refractivity contribution is 5.87. The van der Waals surface area contributed by atoms with Gasteiger partial charge in [-0.15, -0.1) is 0 Å². The number of cyclic esters (lactones) is 2. The van der Waals surface area contributed by atoms with Gasteiger partial charge in [0, 0.05) is 11.1 Å². The Morgan fingerprint density at radius 3 is 1.58 bits per heavy atom. The molecule has 0 aromatic heterocycles. The lowest BCUT2D eigenvalue weighted by Crippen LogP contribution is -2.40. The number of carbonyl (C=O) groups excluding carboxylic acids is 5. The lowest BCUT2D eigenvalue weighted by Gasteiger charge is -2.22. The summed E-state index contributed by atoms with van der Waals surface area (Å²) in [5.74, 6) is -2.68. The maximum absolute atomic E-state index is 10.8. The van der Waals surface area contributed by atoms with Crippen molar-refractivity contribution in [2.24, 2.45) is 0 Å². The van der Waals surface area contributed by atoms with Crippen LogP contribution < -0.4 is 0 Å². The summed E-state index contributed by atoms with van der Waals surface area (Å²) in [5.41, 5.74) is 0.635. The molecule has 188 valence electrons. The fraction of sp³-hybridized carbons (Fsp3) is 0.571. The smallest absolute Gasteiger partial charge is 0.347 e. The van der Waals surface area contributed by atoms with Crippen molar-refractivity contribution in [1.82, 2.24) is 0 Å². The molecule has 1 saturated heterocycles. The summed E-state index contributed by atoms with van der Waals surface area (Å²) >= 11 is 0. The molecule has 33 heavy (non-hydrogen) atoms. The second-order valence-electron chi connectivity index (χ2n) is 6.56. The van der Waals surface area contributed by atoms with Crippen molar-refractivity contribution in [1.29, 1.82) is 0 Å². The van der Waals surface area contributed by atoms with Gasteiger partial charge in [-0.2, -0.15) is 0 Å². The van der Waals surface area contributed by atoms with Crippen LogP contribution in [0.4, 0.5) is 0 Å². The van der Waals surface area contributed by atoms with Crippen molar-refractivity contribution < 1.29 is 57.9 Å². The van der Waals surface area contributed by atoms with Crippen molar-refractivity contribution in [2.45, 2.75) is 52.9 Å². The molecule has 0 spiro atoms. The normalized spacial score (nSPS) is 17.3. The molecule has 1 aliphatic rings. The number of hydrogen-bond acceptors (Lipinski definition) is 12. The zero-order valence-corrected chi connectivity index (χ0v) is 19.5. The molecule has 0 aliphatic carbocycles. The standard InChI is InChI=1S/C9H14O5.C6H8O4.C6H10O3/c1-6(2)8(11)13-4-5-14-9(12)7(3)10;1-3-5(7)10-4(2)6(8)9-3;1-5(2)6(8)9-4-3-7/h7,10H,1,4-5H2,2-3H3;3-4H,1-2H3;7H,1,3-4H2,2H3. The quantitative estimate of drug-likeness (QED) is 0.208. The molecule has 1 fully saturated rings. The molecule has 12 nitrogen and oxygen atoms in total. The second kappa shape index (κ2) is 17.3. The zero-order valence-electron chi connectivity index (χ0n) is 19.5. The van der Waals surface area contributed by atoms with Crippen molar-refractivity contribution in [3.8, 4) is 0 Å². The Labute approximate surface area is 192 Å². The van der Waals surface area contributed by atoms with E-state index in [1.165, 1.54) is 27.7 Å². The van der Waals surface area contributed by atoms with Crippen molar-refractivity contribution >= 4 is 29.8 Å². The van der Waals surface area contributed by atoms with Gasteiger partial charge in [-0.05, 0) is 34.6 Å². The van der Waals surface area contributed by atoms with E-state index in [0.717, 1.165) is 0 Å². The molecule has 1 rings (SSSR count). The van der Waals surface area contributed by atoms with Gasteiger partial charge in [-0.1, -0.05) is 13.2 Å². The molecule has 12 heteroatoms. The fourth-order valence-corrected chi connectivity index (χ4v) is 1.42. The topological polar surface area (TPSA) is 172 Å². The third-order valence-electron chi connectivity index (χ3n) is 3.17. The van der Waals surface area contributed by atoms with Gasteiger partial charge in [0.25, 0.3) is 0 Å². The number of carbonyl (C=O) groups is 5. The summed E-state index contributed by atoms with van der Waals surface area (Å²) in [4.78, 5) is 53.3. The molecule has 0 aromatic rings. The van der Waals surface area contributed by atoms with Gasteiger partial charge in [0.05, 0.1) is 6.61 Å². The Morgan fingerprint density at radius 2 is 1.24 bits per heavy atom. The third-order valence-corrected chi connectivity index (χ3v) is 3.17. The average molecular weight is 476 g/mol. The molecule has 1 aliphatic heterocycles. The van der Waals surface area contributed by atoms with Gasteiger partial charge in [0.1, 0.15) is 25.9 Å². The zero-order chi connectivity index (χ0) is 26.1. The number of hydrogen-bond donors (Lipinski definition) is 2. The molecule has 0 radical (unpaired) electrons. The van der Waals surface area contributed by atoms with E-state index >= 15 is 0 Å². The minimum absolute atomic E-state index is 0.0375. The van der Waals surface area contributed by atoms with Crippen LogP contribution in [0.3, 0.4) is 0 Å². The number of aliphatic hydroxyl groups is 2. The molecule has 3 atom stereocenters. The summed E-state index contributed by atoms with van der Waals surface area (Å²) in [6.45, 7) is 13.9. The van der Waals surface area contributed by atoms with E-state index in [2.05, 4.69) is 36.8 Å². The first-order valence-corrected chi connectivity index (χ1v) is 9.76. The molecule has 2 N–H and O–H groups in total. The highest BCUT2D eigenvalue weighted by Gasteiger charge is 2.32. The predicted molar refractivity (Wildman–Crippen MR) is 112 cm³/mol. The number of esters is 5. The first-order valence-electron chi connectivity index (χ1n) is 9.76. The molecule has 3 unspecified atom stereocenters. The summed E-state index contributed by atoms with van der Waals surface area (Å²) in [6.07, 6.45) is -2.65. The average Bonchev–Trinajstić information content (AvgIpc) is 2.73. The van der Waals surface area contributed by atoms with Crippen molar-refractivity contribution in [3.63, 3.8) is 0 Å². The van der Waals surface area contributed by atoms with E-state index < -0.39 is 48.2 Å². The lowest BCUT2D eigenvalue weighted by molar-refractivity contribution is -0.191. The Kier molecular flexibility index (Phi) is 16.8. The number of aliphatic hydroxyl groups excluding tert-OH is 2. The SMILES string of the molecule is C=C(C)C(=O)OCCO.C=C(C)C(=O)OCCOC(=O)C(C)O.CC1OC(=O)C(C)OC1=O. The maximum atomic E-state index is 10.8. The summed E-state index contributed by atoms with van der Waals surface area (Å²) in [6, 6.07) is 0. The fourth-order valence-electron chi connectivity index (χ4n) is 1.42. The van der Waals surface area contributed by atoms with Crippen LogP contribution in [-0.4, -0.2) is 84.8 Å².